The Labute approximate surface area is 114 Å². The zero-order valence-electron chi connectivity index (χ0n) is 11.5. The van der Waals surface area contributed by atoms with Gasteiger partial charge in [0.15, 0.2) is 0 Å². The summed E-state index contributed by atoms with van der Waals surface area (Å²) in [5.74, 6) is 1.49. The van der Waals surface area contributed by atoms with E-state index in [0.717, 1.165) is 25.4 Å². The van der Waals surface area contributed by atoms with E-state index in [0.29, 0.717) is 19.0 Å². The lowest BCUT2D eigenvalue weighted by Crippen LogP contribution is -2.41. The number of carbonyl (C=O) groups is 1. The lowest BCUT2D eigenvalue weighted by Gasteiger charge is -2.27. The minimum Gasteiger partial charge on any atom is -0.467 e. The van der Waals surface area contributed by atoms with Gasteiger partial charge in [0, 0.05) is 6.54 Å². The van der Waals surface area contributed by atoms with Crippen LogP contribution in [-0.2, 0) is 11.3 Å². The molecular formula is C14H23N3O2. The van der Waals surface area contributed by atoms with E-state index in [1.165, 1.54) is 12.8 Å². The number of nitrogens with one attached hydrogen (secondary N) is 2. The quantitative estimate of drug-likeness (QED) is 0.800. The molecule has 19 heavy (non-hydrogen) atoms. The third-order valence-electron chi connectivity index (χ3n) is 3.42. The second-order valence-electron chi connectivity index (χ2n) is 5.27. The maximum Gasteiger partial charge on any atom is 0.234 e. The molecule has 1 aliphatic rings. The van der Waals surface area contributed by atoms with Crippen LogP contribution in [0.3, 0.4) is 0 Å². The van der Waals surface area contributed by atoms with Crippen LogP contribution < -0.4 is 10.6 Å². The van der Waals surface area contributed by atoms with Crippen LogP contribution in [0.2, 0.25) is 0 Å². The minimum absolute atomic E-state index is 0.0441. The predicted molar refractivity (Wildman–Crippen MR) is 73.6 cm³/mol. The summed E-state index contributed by atoms with van der Waals surface area (Å²) in [5.41, 5.74) is 0. The van der Waals surface area contributed by atoms with Gasteiger partial charge >= 0.3 is 0 Å². The van der Waals surface area contributed by atoms with Gasteiger partial charge in [-0.2, -0.15) is 0 Å². The third-order valence-corrected chi connectivity index (χ3v) is 3.42. The Balaban J connectivity index is 1.63. The fourth-order valence-corrected chi connectivity index (χ4v) is 2.49. The lowest BCUT2D eigenvalue weighted by molar-refractivity contribution is -0.122. The Morgan fingerprint density at radius 1 is 1.63 bits per heavy atom. The van der Waals surface area contributed by atoms with Crippen molar-refractivity contribution < 1.29 is 9.21 Å². The summed E-state index contributed by atoms with van der Waals surface area (Å²) in [5, 5.41) is 6.26. The van der Waals surface area contributed by atoms with Crippen molar-refractivity contribution in [2.75, 3.05) is 33.2 Å². The van der Waals surface area contributed by atoms with E-state index in [1.807, 2.05) is 19.2 Å². The summed E-state index contributed by atoms with van der Waals surface area (Å²) in [6.45, 7) is 4.07. The fourth-order valence-electron chi connectivity index (χ4n) is 2.49. The van der Waals surface area contributed by atoms with E-state index in [9.17, 15) is 4.79 Å². The van der Waals surface area contributed by atoms with E-state index >= 15 is 0 Å². The summed E-state index contributed by atoms with van der Waals surface area (Å²) in [6.07, 6.45) is 4.11. The molecule has 2 N–H and O–H groups in total. The second kappa shape index (κ2) is 7.31. The Morgan fingerprint density at radius 2 is 2.53 bits per heavy atom. The number of furan rings is 1. The molecule has 1 fully saturated rings. The first-order valence-corrected chi connectivity index (χ1v) is 6.92. The standard InChI is InChI=1S/C14H23N3O2/c1-17(10-12-4-2-6-15-8-12)11-14(18)16-9-13-5-3-7-19-13/h3,5,7,12,15H,2,4,6,8-11H2,1H3,(H,16,18). The molecule has 0 aliphatic carbocycles. The molecule has 0 saturated carbocycles. The molecule has 1 unspecified atom stereocenters. The molecule has 5 nitrogen and oxygen atoms in total. The summed E-state index contributed by atoms with van der Waals surface area (Å²) in [4.78, 5) is 13.9. The average molecular weight is 265 g/mol. The summed E-state index contributed by atoms with van der Waals surface area (Å²) >= 11 is 0. The molecule has 1 amide bonds. The van der Waals surface area contributed by atoms with Crippen LogP contribution in [0.15, 0.2) is 22.8 Å². The molecule has 0 radical (unpaired) electrons. The SMILES string of the molecule is CN(CC(=O)NCc1ccco1)CC1CCCNC1. The molecular weight excluding hydrogens is 242 g/mol. The van der Waals surface area contributed by atoms with Gasteiger partial charge in [0.05, 0.1) is 19.4 Å². The second-order valence-corrected chi connectivity index (χ2v) is 5.27. The van der Waals surface area contributed by atoms with E-state index < -0.39 is 0 Å². The van der Waals surface area contributed by atoms with Crippen LogP contribution in [0.1, 0.15) is 18.6 Å². The number of likely N-dealkylation sites (N-methyl/N-ethyl adjacent to an activating group) is 1. The van der Waals surface area contributed by atoms with Gasteiger partial charge in [-0.15, -0.1) is 0 Å². The number of piperidine rings is 1. The van der Waals surface area contributed by atoms with Crippen molar-refractivity contribution in [1.82, 2.24) is 15.5 Å². The number of hydrogen-bond acceptors (Lipinski definition) is 4. The molecule has 1 saturated heterocycles. The Bertz CT molecular complexity index is 372. The highest BCUT2D eigenvalue weighted by atomic mass is 16.3. The smallest absolute Gasteiger partial charge is 0.234 e. The van der Waals surface area contributed by atoms with Crippen LogP contribution in [-0.4, -0.2) is 44.0 Å². The Hall–Kier alpha value is -1.33. The molecule has 1 aromatic rings. The predicted octanol–water partition coefficient (Wildman–Crippen LogP) is 0.827. The van der Waals surface area contributed by atoms with Crippen molar-refractivity contribution in [3.8, 4) is 0 Å². The highest BCUT2D eigenvalue weighted by Crippen LogP contribution is 2.10. The molecule has 2 heterocycles. The average Bonchev–Trinajstić information content (AvgIpc) is 2.90. The van der Waals surface area contributed by atoms with Crippen LogP contribution in [0.4, 0.5) is 0 Å². The number of amides is 1. The van der Waals surface area contributed by atoms with Gasteiger partial charge in [-0.25, -0.2) is 0 Å². The van der Waals surface area contributed by atoms with Crippen LogP contribution in [0.5, 0.6) is 0 Å². The maximum absolute atomic E-state index is 11.8. The van der Waals surface area contributed by atoms with Gasteiger partial charge in [-0.05, 0) is 51.0 Å². The first-order valence-electron chi connectivity index (χ1n) is 6.92. The van der Waals surface area contributed by atoms with E-state index in [2.05, 4.69) is 15.5 Å². The third kappa shape index (κ3) is 5.04. The van der Waals surface area contributed by atoms with Crippen molar-refractivity contribution in [3.05, 3.63) is 24.2 Å². The topological polar surface area (TPSA) is 57.5 Å². The van der Waals surface area contributed by atoms with Crippen molar-refractivity contribution in [1.29, 1.82) is 0 Å². The Morgan fingerprint density at radius 3 is 3.21 bits per heavy atom. The molecule has 1 aliphatic heterocycles. The highest BCUT2D eigenvalue weighted by Gasteiger charge is 2.16. The normalized spacial score (nSPS) is 19.6. The van der Waals surface area contributed by atoms with Gasteiger partial charge < -0.3 is 15.1 Å². The van der Waals surface area contributed by atoms with Crippen molar-refractivity contribution in [2.24, 2.45) is 5.92 Å². The molecule has 2 rings (SSSR count). The van der Waals surface area contributed by atoms with E-state index in [-0.39, 0.29) is 5.91 Å². The van der Waals surface area contributed by atoms with E-state index in [4.69, 9.17) is 4.42 Å². The molecule has 1 aromatic heterocycles. The van der Waals surface area contributed by atoms with Gasteiger partial charge in [-0.3, -0.25) is 9.69 Å². The lowest BCUT2D eigenvalue weighted by atomic mass is 9.99. The van der Waals surface area contributed by atoms with E-state index in [1.54, 1.807) is 6.26 Å². The first kappa shape index (κ1) is 14.1. The molecule has 0 aromatic carbocycles. The van der Waals surface area contributed by atoms with Gasteiger partial charge in [0.25, 0.3) is 0 Å². The van der Waals surface area contributed by atoms with Crippen molar-refractivity contribution >= 4 is 5.91 Å². The van der Waals surface area contributed by atoms with Crippen LogP contribution >= 0.6 is 0 Å². The van der Waals surface area contributed by atoms with Crippen molar-refractivity contribution in [2.45, 2.75) is 19.4 Å². The zero-order valence-corrected chi connectivity index (χ0v) is 11.5. The summed E-state index contributed by atoms with van der Waals surface area (Å²) in [6, 6.07) is 3.68. The highest BCUT2D eigenvalue weighted by molar-refractivity contribution is 5.77. The largest absolute Gasteiger partial charge is 0.467 e. The number of rotatable bonds is 6. The van der Waals surface area contributed by atoms with Gasteiger partial charge in [-0.1, -0.05) is 0 Å². The van der Waals surface area contributed by atoms with Gasteiger partial charge in [0.1, 0.15) is 5.76 Å². The first-order chi connectivity index (χ1) is 9.24. The molecule has 106 valence electrons. The molecule has 0 spiro atoms. The fraction of sp³-hybridized carbons (Fsp3) is 0.643. The number of carbonyl (C=O) groups excluding carboxylic acids is 1. The molecule has 0 bridgehead atoms. The van der Waals surface area contributed by atoms with Crippen LogP contribution in [0, 0.1) is 5.92 Å². The zero-order chi connectivity index (χ0) is 13.5. The van der Waals surface area contributed by atoms with Crippen molar-refractivity contribution in [3.63, 3.8) is 0 Å². The molecule has 5 heteroatoms. The summed E-state index contributed by atoms with van der Waals surface area (Å²) < 4.78 is 5.17. The van der Waals surface area contributed by atoms with Gasteiger partial charge in [0.2, 0.25) is 5.91 Å². The number of hydrogen-bond donors (Lipinski definition) is 2. The monoisotopic (exact) mass is 265 g/mol. The molecule has 1 atom stereocenters. The minimum atomic E-state index is 0.0441. The summed E-state index contributed by atoms with van der Waals surface area (Å²) in [7, 11) is 2.00. The Kier molecular flexibility index (Phi) is 5.42. The number of nitrogens with zero attached hydrogens (tertiary/aromatic N) is 1. The van der Waals surface area contributed by atoms with Crippen LogP contribution in [0.25, 0.3) is 0 Å². The maximum atomic E-state index is 11.8.